The topological polar surface area (TPSA) is 32.8 Å². The summed E-state index contributed by atoms with van der Waals surface area (Å²) in [5.74, 6) is 0.766. The second kappa shape index (κ2) is 6.32. The number of likely N-dealkylation sites (N-methyl/N-ethyl adjacent to an activating group) is 1. The molecule has 4 heteroatoms. The van der Waals surface area contributed by atoms with E-state index in [9.17, 15) is 4.79 Å². The highest BCUT2D eigenvalue weighted by molar-refractivity contribution is 5.83. The molecule has 1 aliphatic rings. The zero-order chi connectivity index (χ0) is 16.4. The number of amides is 1. The van der Waals surface area contributed by atoms with Gasteiger partial charge < -0.3 is 14.5 Å². The number of para-hydroxylation sites is 2. The smallest absolute Gasteiger partial charge is 0.265 e. The molecule has 1 amide bonds. The molecule has 1 atom stereocenters. The van der Waals surface area contributed by atoms with Crippen LogP contribution in [0.5, 0.6) is 5.75 Å². The van der Waals surface area contributed by atoms with E-state index < -0.39 is 6.10 Å². The van der Waals surface area contributed by atoms with Gasteiger partial charge in [0.25, 0.3) is 5.91 Å². The van der Waals surface area contributed by atoms with Crippen LogP contribution in [0.15, 0.2) is 48.5 Å². The maximum absolute atomic E-state index is 12.3. The predicted octanol–water partition coefficient (Wildman–Crippen LogP) is 2.85. The molecular weight excluding hydrogens is 288 g/mol. The minimum absolute atomic E-state index is 0.00529. The average Bonchev–Trinajstić information content (AvgIpc) is 2.56. The molecule has 2 aromatic rings. The number of nitrogens with zero attached hydrogens (tertiary/aromatic N) is 2. The van der Waals surface area contributed by atoms with Gasteiger partial charge >= 0.3 is 0 Å². The van der Waals surface area contributed by atoms with Gasteiger partial charge in [0.15, 0.2) is 6.10 Å². The lowest BCUT2D eigenvalue weighted by Crippen LogP contribution is -2.48. The van der Waals surface area contributed by atoms with Gasteiger partial charge in [-0.1, -0.05) is 36.4 Å². The molecule has 1 aliphatic heterocycles. The molecule has 0 spiro atoms. The van der Waals surface area contributed by atoms with Crippen LogP contribution in [-0.4, -0.2) is 37.6 Å². The summed E-state index contributed by atoms with van der Waals surface area (Å²) in [6.45, 7) is 3.44. The van der Waals surface area contributed by atoms with Gasteiger partial charge in [-0.25, -0.2) is 0 Å². The predicted molar refractivity (Wildman–Crippen MR) is 91.8 cm³/mol. The highest BCUT2D eigenvalue weighted by Gasteiger charge is 2.31. The molecule has 4 nitrogen and oxygen atoms in total. The molecule has 0 radical (unpaired) electrons. The SMILES string of the molecule is Cc1ccccc1CN1CC(C(=O)N(C)C)Oc2ccccc21. The quantitative estimate of drug-likeness (QED) is 0.874. The van der Waals surface area contributed by atoms with E-state index in [1.54, 1.807) is 19.0 Å². The summed E-state index contributed by atoms with van der Waals surface area (Å²) in [7, 11) is 3.52. The normalized spacial score (nSPS) is 16.5. The van der Waals surface area contributed by atoms with Crippen LogP contribution in [0.3, 0.4) is 0 Å². The van der Waals surface area contributed by atoms with Crippen LogP contribution in [0.1, 0.15) is 11.1 Å². The summed E-state index contributed by atoms with van der Waals surface area (Å²) in [5.41, 5.74) is 3.56. The van der Waals surface area contributed by atoms with E-state index in [1.165, 1.54) is 11.1 Å². The Morgan fingerprint density at radius 2 is 1.87 bits per heavy atom. The van der Waals surface area contributed by atoms with E-state index in [0.717, 1.165) is 18.0 Å². The van der Waals surface area contributed by atoms with E-state index in [0.29, 0.717) is 6.54 Å². The number of ether oxygens (including phenoxy) is 1. The summed E-state index contributed by atoms with van der Waals surface area (Å²) in [6.07, 6.45) is -0.469. The third-order valence-electron chi connectivity index (χ3n) is 4.20. The maximum Gasteiger partial charge on any atom is 0.265 e. The van der Waals surface area contributed by atoms with Crippen LogP contribution >= 0.6 is 0 Å². The first-order valence-corrected chi connectivity index (χ1v) is 7.82. The summed E-state index contributed by atoms with van der Waals surface area (Å²) in [5, 5.41) is 0. The van der Waals surface area contributed by atoms with Gasteiger partial charge in [-0.05, 0) is 30.2 Å². The first-order chi connectivity index (χ1) is 11.1. The average molecular weight is 310 g/mol. The van der Waals surface area contributed by atoms with Gasteiger partial charge in [0.05, 0.1) is 12.2 Å². The van der Waals surface area contributed by atoms with Gasteiger partial charge in [0, 0.05) is 20.6 Å². The van der Waals surface area contributed by atoms with Crippen LogP contribution in [0.4, 0.5) is 5.69 Å². The molecule has 2 aromatic carbocycles. The molecule has 0 aromatic heterocycles. The molecule has 23 heavy (non-hydrogen) atoms. The van der Waals surface area contributed by atoms with Crippen molar-refractivity contribution < 1.29 is 9.53 Å². The third kappa shape index (κ3) is 3.16. The fourth-order valence-electron chi connectivity index (χ4n) is 2.87. The number of fused-ring (bicyclic) bond motifs is 1. The molecule has 0 saturated carbocycles. The zero-order valence-electron chi connectivity index (χ0n) is 13.8. The molecule has 120 valence electrons. The lowest BCUT2D eigenvalue weighted by atomic mass is 10.1. The number of anilines is 1. The van der Waals surface area contributed by atoms with Crippen LogP contribution < -0.4 is 9.64 Å². The fourth-order valence-corrected chi connectivity index (χ4v) is 2.87. The molecular formula is C19H22N2O2. The molecule has 1 heterocycles. The van der Waals surface area contributed by atoms with Crippen molar-refractivity contribution in [1.82, 2.24) is 4.90 Å². The summed E-state index contributed by atoms with van der Waals surface area (Å²) in [6, 6.07) is 16.3. The number of hydrogen-bond acceptors (Lipinski definition) is 3. The van der Waals surface area contributed by atoms with E-state index >= 15 is 0 Å². The van der Waals surface area contributed by atoms with Crippen LogP contribution in [0, 0.1) is 6.92 Å². The minimum Gasteiger partial charge on any atom is -0.477 e. The Bertz CT molecular complexity index is 712. The Morgan fingerprint density at radius 3 is 2.61 bits per heavy atom. The van der Waals surface area contributed by atoms with Crippen molar-refractivity contribution in [1.29, 1.82) is 0 Å². The van der Waals surface area contributed by atoms with E-state index in [2.05, 4.69) is 30.0 Å². The Labute approximate surface area is 137 Å². The van der Waals surface area contributed by atoms with Crippen molar-refractivity contribution in [3.63, 3.8) is 0 Å². The number of hydrogen-bond donors (Lipinski definition) is 0. The number of carbonyl (C=O) groups is 1. The summed E-state index contributed by atoms with van der Waals surface area (Å²) in [4.78, 5) is 16.2. The fraction of sp³-hybridized carbons (Fsp3) is 0.316. The maximum atomic E-state index is 12.3. The second-order valence-electron chi connectivity index (χ2n) is 6.11. The Hall–Kier alpha value is -2.49. The van der Waals surface area contributed by atoms with Crippen molar-refractivity contribution in [2.24, 2.45) is 0 Å². The molecule has 0 aliphatic carbocycles. The standard InChI is InChI=1S/C19H22N2O2/c1-14-8-4-5-9-15(14)12-21-13-18(19(22)20(2)3)23-17-11-7-6-10-16(17)21/h4-11,18H,12-13H2,1-3H3. The van der Waals surface area contributed by atoms with Gasteiger partial charge in [-0.15, -0.1) is 0 Å². The third-order valence-corrected chi connectivity index (χ3v) is 4.20. The van der Waals surface area contributed by atoms with E-state index in [4.69, 9.17) is 4.74 Å². The molecule has 0 bridgehead atoms. The van der Waals surface area contributed by atoms with Gasteiger partial charge in [0.2, 0.25) is 0 Å². The second-order valence-corrected chi connectivity index (χ2v) is 6.11. The molecule has 3 rings (SSSR count). The van der Waals surface area contributed by atoms with E-state index in [-0.39, 0.29) is 5.91 Å². The minimum atomic E-state index is -0.469. The van der Waals surface area contributed by atoms with Crippen molar-refractivity contribution in [2.75, 3.05) is 25.5 Å². The summed E-state index contributed by atoms with van der Waals surface area (Å²) >= 11 is 0. The zero-order valence-corrected chi connectivity index (χ0v) is 13.8. The number of rotatable bonds is 3. The Balaban J connectivity index is 1.91. The summed E-state index contributed by atoms with van der Waals surface area (Å²) < 4.78 is 5.92. The van der Waals surface area contributed by atoms with Crippen LogP contribution in [0.2, 0.25) is 0 Å². The number of benzene rings is 2. The highest BCUT2D eigenvalue weighted by atomic mass is 16.5. The largest absolute Gasteiger partial charge is 0.477 e. The van der Waals surface area contributed by atoms with Crippen molar-refractivity contribution in [2.45, 2.75) is 19.6 Å². The molecule has 1 unspecified atom stereocenters. The molecule has 0 fully saturated rings. The van der Waals surface area contributed by atoms with Crippen molar-refractivity contribution in [3.8, 4) is 5.75 Å². The van der Waals surface area contributed by atoms with Crippen molar-refractivity contribution >= 4 is 11.6 Å². The van der Waals surface area contributed by atoms with Crippen LogP contribution in [0.25, 0.3) is 0 Å². The lowest BCUT2D eigenvalue weighted by molar-refractivity contribution is -0.136. The van der Waals surface area contributed by atoms with Crippen molar-refractivity contribution in [3.05, 3.63) is 59.7 Å². The Kier molecular flexibility index (Phi) is 4.24. The van der Waals surface area contributed by atoms with Gasteiger partial charge in [-0.3, -0.25) is 4.79 Å². The van der Waals surface area contributed by atoms with Crippen LogP contribution in [-0.2, 0) is 11.3 Å². The Morgan fingerprint density at radius 1 is 1.17 bits per heavy atom. The first kappa shape index (κ1) is 15.4. The number of carbonyl (C=O) groups excluding carboxylic acids is 1. The van der Waals surface area contributed by atoms with E-state index in [1.807, 2.05) is 30.3 Å². The number of aryl methyl sites for hydroxylation is 1. The highest BCUT2D eigenvalue weighted by Crippen LogP contribution is 2.34. The monoisotopic (exact) mass is 310 g/mol. The van der Waals surface area contributed by atoms with Gasteiger partial charge in [-0.2, -0.15) is 0 Å². The first-order valence-electron chi connectivity index (χ1n) is 7.82. The molecule has 0 N–H and O–H groups in total. The molecule has 0 saturated heterocycles. The van der Waals surface area contributed by atoms with Gasteiger partial charge in [0.1, 0.15) is 5.75 Å². The lowest BCUT2D eigenvalue weighted by Gasteiger charge is -2.36.